The van der Waals surface area contributed by atoms with Crippen LogP contribution in [0.1, 0.15) is 42.6 Å². The zero-order chi connectivity index (χ0) is 32.9. The molecule has 1 aliphatic heterocycles. The molecule has 47 heavy (non-hydrogen) atoms. The number of hydrogen-bond acceptors (Lipinski definition) is 6. The average Bonchev–Trinajstić information content (AvgIpc) is 3.75. The lowest BCUT2D eigenvalue weighted by Gasteiger charge is -2.26. The number of para-hydroxylation sites is 1. The van der Waals surface area contributed by atoms with Gasteiger partial charge >= 0.3 is 0 Å². The van der Waals surface area contributed by atoms with E-state index in [0.717, 1.165) is 41.7 Å². The van der Waals surface area contributed by atoms with E-state index in [1.165, 1.54) is 0 Å². The highest BCUT2D eigenvalue weighted by atomic mass is 16.5. The molecule has 6 rings (SSSR count). The number of morpholine rings is 1. The van der Waals surface area contributed by atoms with Gasteiger partial charge < -0.3 is 34.4 Å². The Morgan fingerprint density at radius 1 is 0.766 bits per heavy atom. The summed E-state index contributed by atoms with van der Waals surface area (Å²) in [6, 6.07) is 15.1. The van der Waals surface area contributed by atoms with Crippen LogP contribution in [0.15, 0.2) is 73.3 Å². The van der Waals surface area contributed by atoms with Gasteiger partial charge in [-0.25, -0.2) is 0 Å². The molecule has 12 nitrogen and oxygen atoms in total. The van der Waals surface area contributed by atoms with Gasteiger partial charge in [0, 0.05) is 77.5 Å². The van der Waals surface area contributed by atoms with Crippen LogP contribution in [0.25, 0.3) is 23.1 Å². The normalized spacial score (nSPS) is 13.7. The minimum atomic E-state index is -0.368. The number of pyridine rings is 1. The van der Waals surface area contributed by atoms with E-state index < -0.39 is 0 Å². The summed E-state index contributed by atoms with van der Waals surface area (Å²) in [5.74, 6) is -0.882. The van der Waals surface area contributed by atoms with Crippen molar-refractivity contribution < 1.29 is 19.1 Å². The lowest BCUT2D eigenvalue weighted by atomic mass is 10.1. The van der Waals surface area contributed by atoms with Crippen LogP contribution in [0.3, 0.4) is 0 Å². The van der Waals surface area contributed by atoms with E-state index in [-0.39, 0.29) is 17.7 Å². The van der Waals surface area contributed by atoms with Crippen molar-refractivity contribution in [3.05, 3.63) is 102 Å². The fourth-order valence-corrected chi connectivity index (χ4v) is 5.63. The van der Waals surface area contributed by atoms with Gasteiger partial charge in [0.1, 0.15) is 17.1 Å². The third kappa shape index (κ3) is 7.51. The molecule has 5 heterocycles. The van der Waals surface area contributed by atoms with E-state index in [2.05, 4.69) is 31.9 Å². The molecular weight excluding hydrogens is 596 g/mol. The standard InChI is InChI=1S/C35H38N8O4/c1-40-21-25(9-8-24-16-26-6-4-5-7-29(26)37-20-24)17-30(40)34(45)38-28-19-32(42(3)23-28)35(46)39-27-18-31(41(2)22-27)33(44)36-10-11-43-12-14-47-15-13-43/h4-9,16-23H,10-15H2,1-3H3,(H,36,44)(H,38,45)(H,39,46). The van der Waals surface area contributed by atoms with Gasteiger partial charge in [0.2, 0.25) is 0 Å². The Balaban J connectivity index is 1.05. The number of aryl methyl sites for hydroxylation is 3. The second-order valence-corrected chi connectivity index (χ2v) is 11.6. The maximum atomic E-state index is 13.2. The second-order valence-electron chi connectivity index (χ2n) is 11.6. The van der Waals surface area contributed by atoms with E-state index in [1.54, 1.807) is 52.3 Å². The Labute approximate surface area is 272 Å². The summed E-state index contributed by atoms with van der Waals surface area (Å²) in [5, 5.41) is 9.76. The molecule has 0 bridgehead atoms. The molecule has 3 N–H and O–H groups in total. The lowest BCUT2D eigenvalue weighted by Crippen LogP contribution is -2.41. The summed E-state index contributed by atoms with van der Waals surface area (Å²) < 4.78 is 10.4. The summed E-state index contributed by atoms with van der Waals surface area (Å²) in [6.07, 6.45) is 11.0. The van der Waals surface area contributed by atoms with Crippen molar-refractivity contribution >= 4 is 52.2 Å². The van der Waals surface area contributed by atoms with E-state index in [0.29, 0.717) is 48.2 Å². The number of aromatic nitrogens is 4. The van der Waals surface area contributed by atoms with Crippen LogP contribution in [0.2, 0.25) is 0 Å². The van der Waals surface area contributed by atoms with E-state index in [1.807, 2.05) is 61.9 Å². The molecule has 0 unspecified atom stereocenters. The third-order valence-corrected chi connectivity index (χ3v) is 8.15. The van der Waals surface area contributed by atoms with Crippen molar-refractivity contribution in [1.82, 2.24) is 28.9 Å². The minimum absolute atomic E-state index is 0.213. The topological polar surface area (TPSA) is 127 Å². The van der Waals surface area contributed by atoms with Crippen molar-refractivity contribution in [2.45, 2.75) is 0 Å². The summed E-state index contributed by atoms with van der Waals surface area (Å²) in [4.78, 5) is 45.9. The highest BCUT2D eigenvalue weighted by molar-refractivity contribution is 6.07. The van der Waals surface area contributed by atoms with Gasteiger partial charge in [-0.3, -0.25) is 24.3 Å². The highest BCUT2D eigenvalue weighted by Crippen LogP contribution is 2.20. The molecule has 0 saturated carbocycles. The maximum absolute atomic E-state index is 13.2. The van der Waals surface area contributed by atoms with Crippen molar-refractivity contribution in [3.63, 3.8) is 0 Å². The number of benzene rings is 1. The number of nitrogens with one attached hydrogen (secondary N) is 3. The van der Waals surface area contributed by atoms with Crippen LogP contribution in [0, 0.1) is 0 Å². The Hall–Kier alpha value is -5.46. The molecule has 242 valence electrons. The van der Waals surface area contributed by atoms with Gasteiger partial charge in [0.05, 0.1) is 30.1 Å². The average molecular weight is 635 g/mol. The first-order chi connectivity index (χ1) is 22.7. The Kier molecular flexibility index (Phi) is 9.32. The van der Waals surface area contributed by atoms with Gasteiger partial charge in [-0.05, 0) is 41.5 Å². The molecule has 3 amide bonds. The molecule has 0 atom stereocenters. The zero-order valence-electron chi connectivity index (χ0n) is 26.7. The highest BCUT2D eigenvalue weighted by Gasteiger charge is 2.19. The summed E-state index contributed by atoms with van der Waals surface area (Å²) in [5.41, 5.74) is 5.00. The lowest BCUT2D eigenvalue weighted by molar-refractivity contribution is 0.0383. The quantitative estimate of drug-likeness (QED) is 0.213. The summed E-state index contributed by atoms with van der Waals surface area (Å²) in [6.45, 7) is 4.41. The minimum Gasteiger partial charge on any atom is -0.379 e. The van der Waals surface area contributed by atoms with Gasteiger partial charge in [-0.2, -0.15) is 0 Å². The van der Waals surface area contributed by atoms with Crippen molar-refractivity contribution in [1.29, 1.82) is 0 Å². The molecule has 12 heteroatoms. The fraction of sp³-hybridized carbons (Fsp3) is 0.257. The van der Waals surface area contributed by atoms with Crippen LogP contribution >= 0.6 is 0 Å². The predicted octanol–water partition coefficient (Wildman–Crippen LogP) is 3.99. The summed E-state index contributed by atoms with van der Waals surface area (Å²) in [7, 11) is 5.30. The van der Waals surface area contributed by atoms with Gasteiger partial charge in [-0.15, -0.1) is 0 Å². The first-order valence-corrected chi connectivity index (χ1v) is 15.5. The number of carbonyl (C=O) groups excluding carboxylic acids is 3. The molecule has 0 radical (unpaired) electrons. The van der Waals surface area contributed by atoms with Crippen molar-refractivity contribution in [2.75, 3.05) is 50.0 Å². The second kappa shape index (κ2) is 13.9. The molecule has 5 aromatic rings. The van der Waals surface area contributed by atoms with Crippen LogP contribution in [0.4, 0.5) is 11.4 Å². The predicted molar refractivity (Wildman–Crippen MR) is 182 cm³/mol. The molecule has 1 aliphatic rings. The molecule has 1 fully saturated rings. The largest absolute Gasteiger partial charge is 0.379 e. The molecule has 0 aliphatic carbocycles. The number of hydrogen-bond donors (Lipinski definition) is 3. The number of carbonyl (C=O) groups is 3. The molecule has 1 saturated heterocycles. The van der Waals surface area contributed by atoms with Crippen LogP contribution in [-0.2, 0) is 25.9 Å². The first-order valence-electron chi connectivity index (χ1n) is 15.5. The molecular formula is C35H38N8O4. The SMILES string of the molecule is Cn1cc(NC(=O)c2cc(NC(=O)c3cc(C=Cc4cnc5ccccc5c4)cn3C)cn2C)cc1C(=O)NCCN1CCOCC1. The van der Waals surface area contributed by atoms with Gasteiger partial charge in [0.25, 0.3) is 17.7 Å². The van der Waals surface area contributed by atoms with Crippen molar-refractivity contribution in [2.24, 2.45) is 21.1 Å². The van der Waals surface area contributed by atoms with E-state index in [4.69, 9.17) is 4.74 Å². The zero-order valence-corrected chi connectivity index (χ0v) is 26.7. The van der Waals surface area contributed by atoms with E-state index in [9.17, 15) is 14.4 Å². The van der Waals surface area contributed by atoms with Crippen LogP contribution < -0.4 is 16.0 Å². The first kappa shape index (κ1) is 31.5. The number of anilines is 2. The van der Waals surface area contributed by atoms with E-state index >= 15 is 0 Å². The number of ether oxygens (including phenoxy) is 1. The number of fused-ring (bicyclic) bond motifs is 1. The Morgan fingerprint density at radius 2 is 1.36 bits per heavy atom. The maximum Gasteiger partial charge on any atom is 0.272 e. The number of rotatable bonds is 10. The molecule has 0 spiro atoms. The molecule has 1 aromatic carbocycles. The Morgan fingerprint density at radius 3 is 2.06 bits per heavy atom. The van der Waals surface area contributed by atoms with Crippen LogP contribution in [-0.4, -0.2) is 80.7 Å². The van der Waals surface area contributed by atoms with Gasteiger partial charge in [0.15, 0.2) is 0 Å². The number of nitrogens with zero attached hydrogens (tertiary/aromatic N) is 5. The molecule has 4 aromatic heterocycles. The van der Waals surface area contributed by atoms with Crippen molar-refractivity contribution in [3.8, 4) is 0 Å². The van der Waals surface area contributed by atoms with Crippen LogP contribution in [0.5, 0.6) is 0 Å². The smallest absolute Gasteiger partial charge is 0.272 e. The third-order valence-electron chi connectivity index (χ3n) is 8.15. The Bertz CT molecular complexity index is 1960. The number of amides is 3. The van der Waals surface area contributed by atoms with Gasteiger partial charge in [-0.1, -0.05) is 30.4 Å². The fourth-order valence-electron chi connectivity index (χ4n) is 5.63. The summed E-state index contributed by atoms with van der Waals surface area (Å²) >= 11 is 0. The monoisotopic (exact) mass is 634 g/mol.